The van der Waals surface area contributed by atoms with Crippen LogP contribution in [0.4, 0.5) is 11.5 Å². The normalized spacial score (nSPS) is 10.3. The SMILES string of the molecule is CCCc1nn(C)c(NCCC(=O)OC)c1[N+](=O)[O-]. The van der Waals surface area contributed by atoms with Gasteiger partial charge in [0, 0.05) is 13.6 Å². The van der Waals surface area contributed by atoms with E-state index in [0.717, 1.165) is 6.42 Å². The lowest BCUT2D eigenvalue weighted by molar-refractivity contribution is -0.384. The number of nitrogens with one attached hydrogen (secondary N) is 1. The minimum atomic E-state index is -0.446. The van der Waals surface area contributed by atoms with Crippen LogP contribution in [0.5, 0.6) is 0 Å². The maximum absolute atomic E-state index is 11.1. The van der Waals surface area contributed by atoms with Gasteiger partial charge in [0.05, 0.1) is 18.5 Å². The average Bonchev–Trinajstić information content (AvgIpc) is 2.66. The van der Waals surface area contributed by atoms with Crippen molar-refractivity contribution in [3.05, 3.63) is 15.8 Å². The highest BCUT2D eigenvalue weighted by atomic mass is 16.6. The molecule has 19 heavy (non-hydrogen) atoms. The van der Waals surface area contributed by atoms with Crippen LogP contribution in [0.2, 0.25) is 0 Å². The number of aryl methyl sites for hydroxylation is 2. The van der Waals surface area contributed by atoms with E-state index in [2.05, 4.69) is 15.2 Å². The number of hydrogen-bond donors (Lipinski definition) is 1. The number of methoxy groups -OCH3 is 1. The van der Waals surface area contributed by atoms with Gasteiger partial charge in [-0.1, -0.05) is 13.3 Å². The molecule has 0 unspecified atom stereocenters. The van der Waals surface area contributed by atoms with E-state index < -0.39 is 4.92 Å². The number of aromatic nitrogens is 2. The summed E-state index contributed by atoms with van der Waals surface area (Å²) in [6.07, 6.45) is 1.46. The van der Waals surface area contributed by atoms with Gasteiger partial charge < -0.3 is 10.1 Å². The summed E-state index contributed by atoms with van der Waals surface area (Å²) in [6.45, 7) is 2.20. The van der Waals surface area contributed by atoms with Crippen molar-refractivity contribution in [3.8, 4) is 0 Å². The fourth-order valence-corrected chi connectivity index (χ4v) is 1.75. The van der Waals surface area contributed by atoms with Gasteiger partial charge in [0.15, 0.2) is 0 Å². The molecule has 8 nitrogen and oxygen atoms in total. The van der Waals surface area contributed by atoms with E-state index in [0.29, 0.717) is 17.9 Å². The summed E-state index contributed by atoms with van der Waals surface area (Å²) in [6, 6.07) is 0. The van der Waals surface area contributed by atoms with Crippen LogP contribution in [-0.4, -0.2) is 34.3 Å². The van der Waals surface area contributed by atoms with Gasteiger partial charge in [-0.2, -0.15) is 5.10 Å². The molecule has 1 N–H and O–H groups in total. The summed E-state index contributed by atoms with van der Waals surface area (Å²) in [5.74, 6) is -0.0524. The van der Waals surface area contributed by atoms with Crippen molar-refractivity contribution < 1.29 is 14.5 Å². The molecule has 106 valence electrons. The van der Waals surface area contributed by atoms with E-state index in [1.165, 1.54) is 11.8 Å². The van der Waals surface area contributed by atoms with Gasteiger partial charge >= 0.3 is 11.7 Å². The van der Waals surface area contributed by atoms with Crippen LogP contribution < -0.4 is 5.32 Å². The van der Waals surface area contributed by atoms with Crippen LogP contribution in [0.1, 0.15) is 25.5 Å². The van der Waals surface area contributed by atoms with E-state index in [1.54, 1.807) is 7.05 Å². The first-order chi connectivity index (χ1) is 9.01. The molecule has 1 aromatic rings. The molecular weight excluding hydrogens is 252 g/mol. The molecule has 1 aromatic heterocycles. The van der Waals surface area contributed by atoms with Gasteiger partial charge in [-0.3, -0.25) is 14.9 Å². The monoisotopic (exact) mass is 270 g/mol. The van der Waals surface area contributed by atoms with Crippen molar-refractivity contribution in [2.45, 2.75) is 26.2 Å². The van der Waals surface area contributed by atoms with Crippen molar-refractivity contribution in [2.24, 2.45) is 7.05 Å². The van der Waals surface area contributed by atoms with Gasteiger partial charge in [0.25, 0.3) is 0 Å². The summed E-state index contributed by atoms with van der Waals surface area (Å²) in [5, 5.41) is 18.1. The third-order valence-electron chi connectivity index (χ3n) is 2.61. The zero-order valence-electron chi connectivity index (χ0n) is 11.3. The van der Waals surface area contributed by atoms with Crippen LogP contribution in [-0.2, 0) is 23.0 Å². The Morgan fingerprint density at radius 2 is 2.26 bits per heavy atom. The molecule has 0 aromatic carbocycles. The molecule has 0 saturated heterocycles. The van der Waals surface area contributed by atoms with Crippen LogP contribution >= 0.6 is 0 Å². The number of carbonyl (C=O) groups is 1. The van der Waals surface area contributed by atoms with Crippen molar-refractivity contribution in [2.75, 3.05) is 19.0 Å². The lowest BCUT2D eigenvalue weighted by atomic mass is 10.2. The minimum absolute atomic E-state index is 0.0192. The van der Waals surface area contributed by atoms with Crippen molar-refractivity contribution in [3.63, 3.8) is 0 Å². The molecule has 0 atom stereocenters. The molecule has 0 bridgehead atoms. The van der Waals surface area contributed by atoms with Crippen LogP contribution in [0.3, 0.4) is 0 Å². The summed E-state index contributed by atoms with van der Waals surface area (Å²) in [5.41, 5.74) is 0.435. The first-order valence-electron chi connectivity index (χ1n) is 6.02. The van der Waals surface area contributed by atoms with E-state index >= 15 is 0 Å². The second-order valence-corrected chi connectivity index (χ2v) is 4.03. The van der Waals surface area contributed by atoms with Crippen molar-refractivity contribution in [1.29, 1.82) is 0 Å². The first-order valence-corrected chi connectivity index (χ1v) is 6.02. The number of nitro groups is 1. The molecule has 0 aliphatic heterocycles. The van der Waals surface area contributed by atoms with Gasteiger partial charge in [0.1, 0.15) is 5.69 Å². The third-order valence-corrected chi connectivity index (χ3v) is 2.61. The molecule has 0 amide bonds. The molecule has 0 saturated carbocycles. The fraction of sp³-hybridized carbons (Fsp3) is 0.636. The largest absolute Gasteiger partial charge is 0.469 e. The first kappa shape index (κ1) is 14.9. The second-order valence-electron chi connectivity index (χ2n) is 4.03. The lowest BCUT2D eigenvalue weighted by Crippen LogP contribution is -2.12. The number of hydrogen-bond acceptors (Lipinski definition) is 6. The Morgan fingerprint density at radius 1 is 1.58 bits per heavy atom. The molecular formula is C11H18N4O4. The smallest absolute Gasteiger partial charge is 0.333 e. The third kappa shape index (κ3) is 3.67. The highest BCUT2D eigenvalue weighted by Gasteiger charge is 2.25. The van der Waals surface area contributed by atoms with Gasteiger partial charge in [-0.15, -0.1) is 0 Å². The van der Waals surface area contributed by atoms with Gasteiger partial charge in [0.2, 0.25) is 5.82 Å². The Kier molecular flexibility index (Phi) is 5.28. The van der Waals surface area contributed by atoms with E-state index in [9.17, 15) is 14.9 Å². The molecule has 1 rings (SSSR count). The predicted molar refractivity (Wildman–Crippen MR) is 69.0 cm³/mol. The van der Waals surface area contributed by atoms with E-state index in [4.69, 9.17) is 0 Å². The lowest BCUT2D eigenvalue weighted by Gasteiger charge is -2.04. The Bertz CT molecular complexity index is 470. The fourth-order valence-electron chi connectivity index (χ4n) is 1.75. The van der Waals surface area contributed by atoms with Crippen LogP contribution in [0.25, 0.3) is 0 Å². The molecule has 0 radical (unpaired) electrons. The van der Waals surface area contributed by atoms with Crippen molar-refractivity contribution in [1.82, 2.24) is 9.78 Å². The summed E-state index contributed by atoms with van der Waals surface area (Å²) in [7, 11) is 2.93. The average molecular weight is 270 g/mol. The molecule has 0 aliphatic carbocycles. The minimum Gasteiger partial charge on any atom is -0.469 e. The Labute approximate surface area is 110 Å². The molecule has 0 fully saturated rings. The zero-order chi connectivity index (χ0) is 14.4. The van der Waals surface area contributed by atoms with Crippen LogP contribution in [0.15, 0.2) is 0 Å². The van der Waals surface area contributed by atoms with E-state index in [-0.39, 0.29) is 24.6 Å². The summed E-state index contributed by atoms with van der Waals surface area (Å²) < 4.78 is 5.94. The Balaban J connectivity index is 2.86. The summed E-state index contributed by atoms with van der Waals surface area (Å²) in [4.78, 5) is 21.7. The van der Waals surface area contributed by atoms with Crippen molar-refractivity contribution >= 4 is 17.5 Å². The summed E-state index contributed by atoms with van der Waals surface area (Å²) >= 11 is 0. The van der Waals surface area contributed by atoms with E-state index in [1.807, 2.05) is 6.92 Å². The number of carbonyl (C=O) groups excluding carboxylic acids is 1. The standard InChI is InChI=1S/C11H18N4O4/c1-4-5-8-10(15(17)18)11(14(2)13-8)12-7-6-9(16)19-3/h12H,4-7H2,1-3H3. The molecule has 0 aliphatic rings. The second kappa shape index (κ2) is 6.72. The Hall–Kier alpha value is -2.12. The Morgan fingerprint density at radius 3 is 2.79 bits per heavy atom. The highest BCUT2D eigenvalue weighted by Crippen LogP contribution is 2.28. The maximum Gasteiger partial charge on any atom is 0.333 e. The number of rotatable bonds is 7. The number of ether oxygens (including phenoxy) is 1. The number of nitrogens with zero attached hydrogens (tertiary/aromatic N) is 3. The number of anilines is 1. The van der Waals surface area contributed by atoms with Gasteiger partial charge in [-0.25, -0.2) is 4.68 Å². The molecule has 8 heteroatoms. The zero-order valence-corrected chi connectivity index (χ0v) is 11.3. The topological polar surface area (TPSA) is 99.3 Å². The quantitative estimate of drug-likeness (QED) is 0.455. The predicted octanol–water partition coefficient (Wildman–Crippen LogP) is 1.26. The van der Waals surface area contributed by atoms with Gasteiger partial charge in [-0.05, 0) is 6.42 Å². The van der Waals surface area contributed by atoms with Crippen LogP contribution in [0, 0.1) is 10.1 Å². The number of esters is 1. The maximum atomic E-state index is 11.1. The molecule has 0 spiro atoms. The highest BCUT2D eigenvalue weighted by molar-refractivity contribution is 5.70. The molecule has 1 heterocycles.